The minimum Gasteiger partial charge on any atom is -0.354 e. The van der Waals surface area contributed by atoms with Crippen molar-refractivity contribution in [2.45, 2.75) is 52.7 Å². The summed E-state index contributed by atoms with van der Waals surface area (Å²) in [6, 6.07) is 8.80. The zero-order chi connectivity index (χ0) is 21.4. The van der Waals surface area contributed by atoms with Crippen molar-refractivity contribution in [3.8, 4) is 0 Å². The summed E-state index contributed by atoms with van der Waals surface area (Å²) >= 11 is 0. The fraction of sp³-hybridized carbons (Fsp3) is 0.682. The molecule has 2 N–H and O–H groups in total. The molecule has 2 rings (SSSR count). The Hall–Kier alpha value is -1.60. The van der Waals surface area contributed by atoms with Gasteiger partial charge in [0.2, 0.25) is 0 Å². The van der Waals surface area contributed by atoms with Gasteiger partial charge in [0.05, 0.1) is 5.75 Å². The number of nitrogens with one attached hydrogen (secondary N) is 2. The van der Waals surface area contributed by atoms with Gasteiger partial charge in [-0.1, -0.05) is 38.1 Å². The number of hydrogen-bond acceptors (Lipinski definition) is 4. The maximum atomic E-state index is 11.3. The molecule has 1 aromatic carbocycles. The molecule has 164 valence electrons. The fourth-order valence-corrected chi connectivity index (χ4v) is 4.80. The van der Waals surface area contributed by atoms with E-state index in [1.165, 1.54) is 36.9 Å². The van der Waals surface area contributed by atoms with Crippen molar-refractivity contribution >= 4 is 15.8 Å². The van der Waals surface area contributed by atoms with Crippen LogP contribution in [0.3, 0.4) is 0 Å². The summed E-state index contributed by atoms with van der Waals surface area (Å²) in [5.41, 5.74) is 2.55. The van der Waals surface area contributed by atoms with E-state index in [2.05, 4.69) is 58.6 Å². The number of guanidine groups is 1. The number of rotatable bonds is 8. The van der Waals surface area contributed by atoms with Crippen LogP contribution >= 0.6 is 0 Å². The molecule has 1 heterocycles. The number of piperidine rings is 1. The highest BCUT2D eigenvalue weighted by Gasteiger charge is 2.21. The van der Waals surface area contributed by atoms with E-state index >= 15 is 0 Å². The second kappa shape index (κ2) is 11.0. The van der Waals surface area contributed by atoms with E-state index < -0.39 is 9.84 Å². The molecule has 1 saturated heterocycles. The lowest BCUT2D eigenvalue weighted by Crippen LogP contribution is -2.42. The number of nitrogens with zero attached hydrogens (tertiary/aromatic N) is 2. The number of sulfone groups is 1. The minimum atomic E-state index is -2.94. The van der Waals surface area contributed by atoms with Gasteiger partial charge < -0.3 is 10.6 Å². The van der Waals surface area contributed by atoms with Crippen LogP contribution in [0, 0.1) is 11.8 Å². The maximum Gasteiger partial charge on any atom is 0.191 e. The predicted octanol–water partition coefficient (Wildman–Crippen LogP) is 2.65. The third-order valence-electron chi connectivity index (χ3n) is 5.36. The van der Waals surface area contributed by atoms with Gasteiger partial charge in [-0.3, -0.25) is 9.89 Å². The molecular weight excluding hydrogens is 384 g/mol. The van der Waals surface area contributed by atoms with Crippen molar-refractivity contribution in [1.82, 2.24) is 15.5 Å². The van der Waals surface area contributed by atoms with E-state index in [-0.39, 0.29) is 11.8 Å². The van der Waals surface area contributed by atoms with E-state index in [0.29, 0.717) is 18.9 Å². The van der Waals surface area contributed by atoms with Crippen LogP contribution in [-0.2, 0) is 22.9 Å². The number of aliphatic imine (C=N–C) groups is 1. The zero-order valence-electron chi connectivity index (χ0n) is 18.6. The Morgan fingerprint density at radius 3 is 2.31 bits per heavy atom. The Morgan fingerprint density at radius 1 is 1.17 bits per heavy atom. The summed E-state index contributed by atoms with van der Waals surface area (Å²) in [5, 5.41) is 6.56. The molecule has 0 saturated carbocycles. The first-order valence-corrected chi connectivity index (χ1v) is 12.7. The summed E-state index contributed by atoms with van der Waals surface area (Å²) in [4.78, 5) is 6.80. The molecule has 1 fully saturated rings. The third kappa shape index (κ3) is 9.17. The van der Waals surface area contributed by atoms with Crippen LogP contribution in [-0.4, -0.2) is 57.5 Å². The van der Waals surface area contributed by atoms with Crippen LogP contribution in [0.5, 0.6) is 0 Å². The van der Waals surface area contributed by atoms with Crippen LogP contribution < -0.4 is 10.6 Å². The highest BCUT2D eigenvalue weighted by atomic mass is 32.2. The van der Waals surface area contributed by atoms with Crippen LogP contribution in [0.25, 0.3) is 0 Å². The molecule has 0 amide bonds. The zero-order valence-corrected chi connectivity index (χ0v) is 19.4. The average Bonchev–Trinajstić information content (AvgIpc) is 2.63. The lowest BCUT2D eigenvalue weighted by Gasteiger charge is -2.35. The average molecular weight is 423 g/mol. The smallest absolute Gasteiger partial charge is 0.191 e. The van der Waals surface area contributed by atoms with E-state index in [0.717, 1.165) is 18.4 Å². The second-order valence-electron chi connectivity index (χ2n) is 8.85. The van der Waals surface area contributed by atoms with Crippen LogP contribution in [0.4, 0.5) is 0 Å². The standard InChI is InChI=1S/C22H38N4O2S/c1-17-12-18(2)15-26(14-17)16-21-8-6-20(7-9-21)13-24-22(23-4)25-19(3)10-11-29(5,27)28/h6-9,17-19H,10-16H2,1-5H3,(H2,23,24,25). The van der Waals surface area contributed by atoms with Gasteiger partial charge in [-0.25, -0.2) is 8.42 Å². The summed E-state index contributed by atoms with van der Waals surface area (Å²) in [5.74, 6) is 2.42. The topological polar surface area (TPSA) is 73.8 Å². The third-order valence-corrected chi connectivity index (χ3v) is 6.34. The quantitative estimate of drug-likeness (QED) is 0.498. The predicted molar refractivity (Wildman–Crippen MR) is 122 cm³/mol. The SMILES string of the molecule is CN=C(NCc1ccc(CN2CC(C)CC(C)C2)cc1)NC(C)CCS(C)(=O)=O. The Kier molecular flexibility index (Phi) is 8.96. The fourth-order valence-electron chi connectivity index (χ4n) is 4.02. The Labute approximate surface area is 177 Å². The van der Waals surface area contributed by atoms with Gasteiger partial charge in [0, 0.05) is 45.5 Å². The van der Waals surface area contributed by atoms with Crippen LogP contribution in [0.2, 0.25) is 0 Å². The molecule has 3 unspecified atom stereocenters. The Bertz CT molecular complexity index is 752. The molecule has 0 aromatic heterocycles. The summed E-state index contributed by atoms with van der Waals surface area (Å²) in [6.07, 6.45) is 3.16. The van der Waals surface area contributed by atoms with Gasteiger partial charge in [0.25, 0.3) is 0 Å². The van der Waals surface area contributed by atoms with E-state index in [4.69, 9.17) is 0 Å². The van der Waals surface area contributed by atoms with Gasteiger partial charge in [0.1, 0.15) is 9.84 Å². The monoisotopic (exact) mass is 422 g/mol. The molecular formula is C22H38N4O2S. The minimum absolute atomic E-state index is 0.0348. The molecule has 1 aliphatic rings. The maximum absolute atomic E-state index is 11.3. The lowest BCUT2D eigenvalue weighted by atomic mass is 9.91. The molecule has 0 bridgehead atoms. The first kappa shape index (κ1) is 23.7. The number of benzene rings is 1. The largest absolute Gasteiger partial charge is 0.354 e. The normalized spacial score (nSPS) is 22.3. The second-order valence-corrected chi connectivity index (χ2v) is 11.1. The molecule has 0 spiro atoms. The van der Waals surface area contributed by atoms with Crippen molar-refractivity contribution < 1.29 is 8.42 Å². The number of likely N-dealkylation sites (tertiary alicyclic amines) is 1. The molecule has 1 aromatic rings. The van der Waals surface area contributed by atoms with Crippen molar-refractivity contribution in [3.63, 3.8) is 0 Å². The molecule has 1 aliphatic heterocycles. The summed E-state index contributed by atoms with van der Waals surface area (Å²) in [7, 11) is -1.22. The Balaban J connectivity index is 1.79. The highest BCUT2D eigenvalue weighted by molar-refractivity contribution is 7.90. The van der Waals surface area contributed by atoms with Crippen molar-refractivity contribution in [2.24, 2.45) is 16.8 Å². The Morgan fingerprint density at radius 2 is 1.76 bits per heavy atom. The van der Waals surface area contributed by atoms with Crippen molar-refractivity contribution in [1.29, 1.82) is 0 Å². The summed E-state index contributed by atoms with van der Waals surface area (Å²) < 4.78 is 22.6. The molecule has 7 heteroatoms. The first-order chi connectivity index (χ1) is 13.6. The van der Waals surface area contributed by atoms with Crippen LogP contribution in [0.15, 0.2) is 29.3 Å². The van der Waals surface area contributed by atoms with E-state index in [9.17, 15) is 8.42 Å². The molecule has 0 aliphatic carbocycles. The molecule has 6 nitrogen and oxygen atoms in total. The van der Waals surface area contributed by atoms with Gasteiger partial charge in [-0.05, 0) is 42.7 Å². The highest BCUT2D eigenvalue weighted by Crippen LogP contribution is 2.22. The number of hydrogen-bond donors (Lipinski definition) is 2. The first-order valence-electron chi connectivity index (χ1n) is 10.6. The van der Waals surface area contributed by atoms with Gasteiger partial charge in [-0.2, -0.15) is 0 Å². The van der Waals surface area contributed by atoms with Crippen molar-refractivity contribution in [3.05, 3.63) is 35.4 Å². The molecule has 3 atom stereocenters. The van der Waals surface area contributed by atoms with Gasteiger partial charge >= 0.3 is 0 Å². The molecule has 0 radical (unpaired) electrons. The molecule has 29 heavy (non-hydrogen) atoms. The lowest BCUT2D eigenvalue weighted by molar-refractivity contribution is 0.134. The van der Waals surface area contributed by atoms with Gasteiger partial charge in [0.15, 0.2) is 5.96 Å². The van der Waals surface area contributed by atoms with Gasteiger partial charge in [-0.15, -0.1) is 0 Å². The van der Waals surface area contributed by atoms with E-state index in [1.807, 2.05) is 6.92 Å². The summed E-state index contributed by atoms with van der Waals surface area (Å²) in [6.45, 7) is 10.7. The van der Waals surface area contributed by atoms with E-state index in [1.54, 1.807) is 7.05 Å². The van der Waals surface area contributed by atoms with Crippen molar-refractivity contribution in [2.75, 3.05) is 32.1 Å². The van der Waals surface area contributed by atoms with Crippen LogP contribution in [0.1, 0.15) is 44.7 Å².